The molecule has 1 nitrogen and oxygen atoms in total. The third kappa shape index (κ3) is 3.32. The minimum atomic E-state index is 0.617. The maximum atomic E-state index is 6.06. The van der Waals surface area contributed by atoms with Crippen LogP contribution >= 0.6 is 35.0 Å². The lowest BCUT2D eigenvalue weighted by atomic mass is 10.3. The van der Waals surface area contributed by atoms with Crippen LogP contribution in [0.4, 0.5) is 0 Å². The van der Waals surface area contributed by atoms with Crippen molar-refractivity contribution in [3.8, 4) is 5.75 Å². The zero-order chi connectivity index (χ0) is 12.3. The van der Waals surface area contributed by atoms with E-state index >= 15 is 0 Å². The molecule has 0 radical (unpaired) electrons. The van der Waals surface area contributed by atoms with Gasteiger partial charge in [-0.2, -0.15) is 0 Å². The Bertz CT molecular complexity index is 511. The van der Waals surface area contributed by atoms with Crippen LogP contribution in [0.3, 0.4) is 0 Å². The Morgan fingerprint density at radius 3 is 2.18 bits per heavy atom. The van der Waals surface area contributed by atoms with E-state index in [4.69, 9.17) is 27.9 Å². The average Bonchev–Trinajstić information content (AvgIpc) is 2.32. The van der Waals surface area contributed by atoms with Crippen molar-refractivity contribution in [3.05, 3.63) is 52.5 Å². The Morgan fingerprint density at radius 2 is 1.59 bits per heavy atom. The van der Waals surface area contributed by atoms with Crippen molar-refractivity contribution in [1.29, 1.82) is 0 Å². The molecule has 0 fully saturated rings. The number of hydrogen-bond acceptors (Lipinski definition) is 2. The number of hydrogen-bond donors (Lipinski definition) is 0. The number of benzene rings is 2. The molecular formula is C13H10Cl2OS. The third-order valence-electron chi connectivity index (χ3n) is 2.17. The van der Waals surface area contributed by atoms with E-state index in [0.717, 1.165) is 14.8 Å². The molecule has 0 N–H and O–H groups in total. The van der Waals surface area contributed by atoms with Crippen molar-refractivity contribution in [1.82, 2.24) is 0 Å². The van der Waals surface area contributed by atoms with Crippen LogP contribution < -0.4 is 4.74 Å². The van der Waals surface area contributed by atoms with Gasteiger partial charge in [0.2, 0.25) is 0 Å². The van der Waals surface area contributed by atoms with Crippen molar-refractivity contribution >= 4 is 35.0 Å². The second-order valence-electron chi connectivity index (χ2n) is 3.35. The number of methoxy groups -OCH3 is 1. The average molecular weight is 285 g/mol. The molecule has 0 atom stereocenters. The topological polar surface area (TPSA) is 9.23 Å². The smallest absolute Gasteiger partial charge is 0.137 e. The largest absolute Gasteiger partial charge is 0.495 e. The van der Waals surface area contributed by atoms with Crippen LogP contribution in [0.1, 0.15) is 0 Å². The fourth-order valence-electron chi connectivity index (χ4n) is 1.35. The molecule has 0 aromatic heterocycles. The number of ether oxygens (including phenoxy) is 1. The molecule has 0 aliphatic carbocycles. The summed E-state index contributed by atoms with van der Waals surface area (Å²) in [5.74, 6) is 0.687. The van der Waals surface area contributed by atoms with Gasteiger partial charge < -0.3 is 4.74 Å². The first-order valence-electron chi connectivity index (χ1n) is 4.96. The molecule has 0 unspecified atom stereocenters. The molecule has 0 heterocycles. The van der Waals surface area contributed by atoms with Crippen LogP contribution in [-0.2, 0) is 0 Å². The lowest BCUT2D eigenvalue weighted by Crippen LogP contribution is -1.83. The lowest BCUT2D eigenvalue weighted by molar-refractivity contribution is 0.414. The fourth-order valence-corrected chi connectivity index (χ4v) is 2.65. The summed E-state index contributed by atoms with van der Waals surface area (Å²) in [5, 5.41) is 1.36. The van der Waals surface area contributed by atoms with Gasteiger partial charge in [-0.3, -0.25) is 0 Å². The predicted octanol–water partition coefficient (Wildman–Crippen LogP) is 5.15. The molecule has 4 heteroatoms. The summed E-state index contributed by atoms with van der Waals surface area (Å²) in [5.41, 5.74) is 0. The van der Waals surface area contributed by atoms with Gasteiger partial charge in [-0.25, -0.2) is 0 Å². The molecular weight excluding hydrogens is 275 g/mol. The lowest BCUT2D eigenvalue weighted by Gasteiger charge is -2.06. The normalized spacial score (nSPS) is 10.3. The van der Waals surface area contributed by atoms with E-state index in [-0.39, 0.29) is 0 Å². The predicted molar refractivity (Wildman–Crippen MR) is 73.6 cm³/mol. The molecule has 88 valence electrons. The van der Waals surface area contributed by atoms with Gasteiger partial charge in [0.25, 0.3) is 0 Å². The van der Waals surface area contributed by atoms with Crippen LogP contribution in [-0.4, -0.2) is 7.11 Å². The Kier molecular flexibility index (Phi) is 4.21. The second kappa shape index (κ2) is 5.67. The molecule has 2 rings (SSSR count). The Labute approximate surface area is 115 Å². The van der Waals surface area contributed by atoms with Crippen molar-refractivity contribution in [3.63, 3.8) is 0 Å². The number of rotatable bonds is 3. The van der Waals surface area contributed by atoms with Gasteiger partial charge in [-0.15, -0.1) is 0 Å². The molecule has 0 aliphatic heterocycles. The first-order valence-corrected chi connectivity index (χ1v) is 6.53. The maximum Gasteiger partial charge on any atom is 0.137 e. The summed E-state index contributed by atoms with van der Waals surface area (Å²) in [7, 11) is 1.60. The minimum absolute atomic E-state index is 0.617. The zero-order valence-corrected chi connectivity index (χ0v) is 11.4. The van der Waals surface area contributed by atoms with Gasteiger partial charge in [0, 0.05) is 14.8 Å². The van der Waals surface area contributed by atoms with Gasteiger partial charge in [-0.1, -0.05) is 35.0 Å². The Balaban J connectivity index is 2.19. The highest BCUT2D eigenvalue weighted by Gasteiger charge is 2.03. The van der Waals surface area contributed by atoms with Crippen LogP contribution in [0.25, 0.3) is 0 Å². The summed E-state index contributed by atoms with van der Waals surface area (Å²) in [6.45, 7) is 0. The van der Waals surface area contributed by atoms with E-state index < -0.39 is 0 Å². The van der Waals surface area contributed by atoms with E-state index in [0.29, 0.717) is 10.8 Å². The summed E-state index contributed by atoms with van der Waals surface area (Å²) in [6.07, 6.45) is 0. The zero-order valence-electron chi connectivity index (χ0n) is 9.11. The SMILES string of the molecule is COc1ccc(Sc2ccc(Cl)cc2)cc1Cl. The first-order chi connectivity index (χ1) is 8.19. The monoisotopic (exact) mass is 284 g/mol. The molecule has 0 spiro atoms. The van der Waals surface area contributed by atoms with Gasteiger partial charge in [-0.05, 0) is 42.5 Å². The van der Waals surface area contributed by atoms with Crippen LogP contribution in [0.5, 0.6) is 5.75 Å². The first kappa shape index (κ1) is 12.6. The third-order valence-corrected chi connectivity index (χ3v) is 3.72. The quantitative estimate of drug-likeness (QED) is 0.771. The van der Waals surface area contributed by atoms with Gasteiger partial charge in [0.15, 0.2) is 0 Å². The fraction of sp³-hybridized carbons (Fsp3) is 0.0769. The van der Waals surface area contributed by atoms with Crippen molar-refractivity contribution in [2.75, 3.05) is 7.11 Å². The molecule has 2 aromatic carbocycles. The minimum Gasteiger partial charge on any atom is -0.495 e. The summed E-state index contributed by atoms with van der Waals surface area (Å²) in [6, 6.07) is 13.4. The highest BCUT2D eigenvalue weighted by molar-refractivity contribution is 7.99. The van der Waals surface area contributed by atoms with E-state index in [1.807, 2.05) is 42.5 Å². The molecule has 0 saturated heterocycles. The molecule has 0 amide bonds. The van der Waals surface area contributed by atoms with E-state index in [2.05, 4.69) is 0 Å². The molecule has 17 heavy (non-hydrogen) atoms. The van der Waals surface area contributed by atoms with E-state index in [9.17, 15) is 0 Å². The van der Waals surface area contributed by atoms with Gasteiger partial charge in [0.05, 0.1) is 12.1 Å². The molecule has 2 aromatic rings. The Hall–Kier alpha value is -0.830. The van der Waals surface area contributed by atoms with Crippen molar-refractivity contribution < 1.29 is 4.74 Å². The van der Waals surface area contributed by atoms with E-state index in [1.54, 1.807) is 18.9 Å². The Morgan fingerprint density at radius 1 is 0.941 bits per heavy atom. The molecule has 0 bridgehead atoms. The molecule has 0 aliphatic rings. The number of halogens is 2. The second-order valence-corrected chi connectivity index (χ2v) is 5.34. The summed E-state index contributed by atoms with van der Waals surface area (Å²) >= 11 is 13.5. The van der Waals surface area contributed by atoms with E-state index in [1.165, 1.54) is 0 Å². The van der Waals surface area contributed by atoms with Gasteiger partial charge >= 0.3 is 0 Å². The highest BCUT2D eigenvalue weighted by atomic mass is 35.5. The van der Waals surface area contributed by atoms with Crippen LogP contribution in [0.15, 0.2) is 52.3 Å². The molecule has 0 saturated carbocycles. The van der Waals surface area contributed by atoms with Crippen LogP contribution in [0, 0.1) is 0 Å². The summed E-state index contributed by atoms with van der Waals surface area (Å²) in [4.78, 5) is 2.19. The highest BCUT2D eigenvalue weighted by Crippen LogP contribution is 2.33. The van der Waals surface area contributed by atoms with Crippen LogP contribution in [0.2, 0.25) is 10.0 Å². The van der Waals surface area contributed by atoms with Crippen molar-refractivity contribution in [2.24, 2.45) is 0 Å². The maximum absolute atomic E-state index is 6.06. The van der Waals surface area contributed by atoms with Gasteiger partial charge in [0.1, 0.15) is 5.75 Å². The summed E-state index contributed by atoms with van der Waals surface area (Å²) < 4.78 is 5.11. The van der Waals surface area contributed by atoms with Crippen molar-refractivity contribution in [2.45, 2.75) is 9.79 Å². The standard InChI is InChI=1S/C13H10Cl2OS/c1-16-13-7-6-11(8-12(13)15)17-10-4-2-9(14)3-5-10/h2-8H,1H3.